The van der Waals surface area contributed by atoms with Crippen molar-refractivity contribution in [1.82, 2.24) is 10.2 Å². The number of aryl methyl sites for hydroxylation is 1. The van der Waals surface area contributed by atoms with E-state index in [0.717, 1.165) is 13.1 Å². The van der Waals surface area contributed by atoms with Gasteiger partial charge in [-0.15, -0.1) is 0 Å². The van der Waals surface area contributed by atoms with Crippen LogP contribution in [0.25, 0.3) is 0 Å². The van der Waals surface area contributed by atoms with Gasteiger partial charge < -0.3 is 10.2 Å². The van der Waals surface area contributed by atoms with Gasteiger partial charge in [0.25, 0.3) is 0 Å². The molecule has 1 N–H and O–H groups in total. The van der Waals surface area contributed by atoms with Crippen LogP contribution >= 0.6 is 15.9 Å². The number of hydrogen-bond donors (Lipinski definition) is 1. The van der Waals surface area contributed by atoms with E-state index in [2.05, 4.69) is 65.2 Å². The van der Waals surface area contributed by atoms with Crippen molar-refractivity contribution in [2.75, 3.05) is 20.1 Å². The molecule has 1 aromatic rings. The van der Waals surface area contributed by atoms with Crippen LogP contribution in [0.1, 0.15) is 37.8 Å². The molecular formula is C17H27BrN2. The smallest absolute Gasteiger partial charge is 0.0178 e. The summed E-state index contributed by atoms with van der Waals surface area (Å²) in [5.41, 5.74) is 3.04. The molecule has 2 nitrogen and oxygen atoms in total. The van der Waals surface area contributed by atoms with Crippen molar-refractivity contribution in [2.45, 2.75) is 51.6 Å². The number of hydrogen-bond acceptors (Lipinski definition) is 2. The van der Waals surface area contributed by atoms with Gasteiger partial charge in [-0.1, -0.05) is 28.9 Å². The molecule has 0 amide bonds. The topological polar surface area (TPSA) is 15.3 Å². The molecule has 3 heteroatoms. The summed E-state index contributed by atoms with van der Waals surface area (Å²) >= 11 is 3.56. The highest BCUT2D eigenvalue weighted by Gasteiger charge is 2.18. The van der Waals surface area contributed by atoms with E-state index in [-0.39, 0.29) is 0 Å². The maximum Gasteiger partial charge on any atom is 0.0178 e. The highest BCUT2D eigenvalue weighted by Crippen LogP contribution is 2.24. The summed E-state index contributed by atoms with van der Waals surface area (Å²) in [4.78, 5) is 2.45. The van der Waals surface area contributed by atoms with Crippen LogP contribution in [0.2, 0.25) is 0 Å². The first-order valence-corrected chi connectivity index (χ1v) is 8.60. The van der Waals surface area contributed by atoms with E-state index in [1.165, 1.54) is 41.3 Å². The van der Waals surface area contributed by atoms with Crippen molar-refractivity contribution < 1.29 is 0 Å². The van der Waals surface area contributed by atoms with Crippen molar-refractivity contribution >= 4 is 15.9 Å². The lowest BCUT2D eigenvalue weighted by Gasteiger charge is -2.28. The van der Waals surface area contributed by atoms with Gasteiger partial charge in [-0.05, 0) is 62.9 Å². The molecule has 0 spiro atoms. The van der Waals surface area contributed by atoms with Crippen LogP contribution < -0.4 is 5.32 Å². The summed E-state index contributed by atoms with van der Waals surface area (Å²) < 4.78 is 1.21. The lowest BCUT2D eigenvalue weighted by molar-refractivity contribution is 0.246. The van der Waals surface area contributed by atoms with Crippen molar-refractivity contribution in [3.63, 3.8) is 0 Å². The number of rotatable bonds is 6. The minimum Gasteiger partial charge on any atom is -0.312 e. The standard InChI is InChI=1S/C17H27BrN2/c1-4-13(2)20(3)10-9-19-17-8-6-14-11-16(18)7-5-15(14)12-17/h5,7,11,13,17,19H,4,6,8-10,12H2,1-3H3. The van der Waals surface area contributed by atoms with Gasteiger partial charge >= 0.3 is 0 Å². The molecule has 0 bridgehead atoms. The third kappa shape index (κ3) is 4.31. The van der Waals surface area contributed by atoms with Crippen LogP contribution in [-0.4, -0.2) is 37.1 Å². The van der Waals surface area contributed by atoms with E-state index in [9.17, 15) is 0 Å². The Morgan fingerprint density at radius 3 is 2.95 bits per heavy atom. The van der Waals surface area contributed by atoms with Crippen LogP contribution in [0.5, 0.6) is 0 Å². The predicted molar refractivity (Wildman–Crippen MR) is 90.3 cm³/mol. The molecule has 0 saturated heterocycles. The molecule has 112 valence electrons. The van der Waals surface area contributed by atoms with E-state index in [0.29, 0.717) is 12.1 Å². The van der Waals surface area contributed by atoms with Gasteiger partial charge in [0.2, 0.25) is 0 Å². The molecule has 0 aliphatic heterocycles. The first-order chi connectivity index (χ1) is 9.60. The molecule has 2 rings (SSSR count). The molecule has 2 atom stereocenters. The molecule has 1 aliphatic rings. The molecule has 1 aromatic carbocycles. The zero-order chi connectivity index (χ0) is 14.5. The van der Waals surface area contributed by atoms with Crippen molar-refractivity contribution in [3.05, 3.63) is 33.8 Å². The maximum absolute atomic E-state index is 3.73. The highest BCUT2D eigenvalue weighted by atomic mass is 79.9. The van der Waals surface area contributed by atoms with Crippen LogP contribution in [0.3, 0.4) is 0 Å². The monoisotopic (exact) mass is 338 g/mol. The van der Waals surface area contributed by atoms with Gasteiger partial charge in [-0.3, -0.25) is 0 Å². The molecule has 0 radical (unpaired) electrons. The lowest BCUT2D eigenvalue weighted by atomic mass is 9.88. The average Bonchev–Trinajstić information content (AvgIpc) is 2.46. The first-order valence-electron chi connectivity index (χ1n) is 7.81. The van der Waals surface area contributed by atoms with Crippen LogP contribution in [0.15, 0.2) is 22.7 Å². The number of fused-ring (bicyclic) bond motifs is 1. The van der Waals surface area contributed by atoms with Crippen molar-refractivity contribution in [2.24, 2.45) is 0 Å². The van der Waals surface area contributed by atoms with E-state index in [1.54, 1.807) is 0 Å². The Hall–Kier alpha value is -0.380. The van der Waals surface area contributed by atoms with Gasteiger partial charge in [0.1, 0.15) is 0 Å². The molecule has 20 heavy (non-hydrogen) atoms. The average molecular weight is 339 g/mol. The molecule has 0 fully saturated rings. The molecule has 1 aliphatic carbocycles. The predicted octanol–water partition coefficient (Wildman–Crippen LogP) is 3.63. The molecular weight excluding hydrogens is 312 g/mol. The molecule has 0 aromatic heterocycles. The Morgan fingerprint density at radius 2 is 2.20 bits per heavy atom. The number of halogens is 1. The number of benzene rings is 1. The van der Waals surface area contributed by atoms with Crippen LogP contribution in [0.4, 0.5) is 0 Å². The number of nitrogens with zero attached hydrogens (tertiary/aromatic N) is 1. The second kappa shape index (κ2) is 7.58. The summed E-state index contributed by atoms with van der Waals surface area (Å²) in [5, 5.41) is 3.73. The fourth-order valence-electron chi connectivity index (χ4n) is 2.87. The van der Waals surface area contributed by atoms with Crippen molar-refractivity contribution in [3.8, 4) is 0 Å². The van der Waals surface area contributed by atoms with Gasteiger partial charge in [0.05, 0.1) is 0 Å². The zero-order valence-corrected chi connectivity index (χ0v) is 14.5. The summed E-state index contributed by atoms with van der Waals surface area (Å²) in [6, 6.07) is 8.05. The van der Waals surface area contributed by atoms with E-state index >= 15 is 0 Å². The van der Waals surface area contributed by atoms with Gasteiger partial charge in [0.15, 0.2) is 0 Å². The fourth-order valence-corrected chi connectivity index (χ4v) is 3.28. The Kier molecular flexibility index (Phi) is 6.06. The van der Waals surface area contributed by atoms with Gasteiger partial charge in [0, 0.05) is 29.6 Å². The first kappa shape index (κ1) is 16.0. The SMILES string of the molecule is CCC(C)N(C)CCNC1CCc2cc(Br)ccc2C1. The second-order valence-corrected chi connectivity index (χ2v) is 6.96. The highest BCUT2D eigenvalue weighted by molar-refractivity contribution is 9.10. The normalized spacial score (nSPS) is 19.9. The summed E-state index contributed by atoms with van der Waals surface area (Å²) in [6.45, 7) is 6.79. The minimum absolute atomic E-state index is 0.647. The van der Waals surface area contributed by atoms with Gasteiger partial charge in [-0.2, -0.15) is 0 Å². The second-order valence-electron chi connectivity index (χ2n) is 6.04. The van der Waals surface area contributed by atoms with Crippen LogP contribution in [-0.2, 0) is 12.8 Å². The van der Waals surface area contributed by atoms with Crippen LogP contribution in [0, 0.1) is 0 Å². The largest absolute Gasteiger partial charge is 0.312 e. The summed E-state index contributed by atoms with van der Waals surface area (Å²) in [6.07, 6.45) is 4.86. The Morgan fingerprint density at radius 1 is 1.40 bits per heavy atom. The third-order valence-electron chi connectivity index (χ3n) is 4.64. The number of likely N-dealkylation sites (N-methyl/N-ethyl adjacent to an activating group) is 1. The molecule has 2 unspecified atom stereocenters. The van der Waals surface area contributed by atoms with Gasteiger partial charge in [-0.25, -0.2) is 0 Å². The fraction of sp³-hybridized carbons (Fsp3) is 0.647. The zero-order valence-electron chi connectivity index (χ0n) is 13.0. The summed E-state index contributed by atoms with van der Waals surface area (Å²) in [7, 11) is 2.23. The van der Waals surface area contributed by atoms with Crippen molar-refractivity contribution in [1.29, 1.82) is 0 Å². The molecule has 0 saturated carbocycles. The third-order valence-corrected chi connectivity index (χ3v) is 5.13. The van der Waals surface area contributed by atoms with E-state index < -0.39 is 0 Å². The summed E-state index contributed by atoms with van der Waals surface area (Å²) in [5.74, 6) is 0. The maximum atomic E-state index is 3.73. The number of nitrogens with one attached hydrogen (secondary N) is 1. The Labute approximate surface area is 132 Å². The van der Waals surface area contributed by atoms with E-state index in [4.69, 9.17) is 0 Å². The quantitative estimate of drug-likeness (QED) is 0.851. The Bertz CT molecular complexity index is 433. The minimum atomic E-state index is 0.647. The lowest BCUT2D eigenvalue weighted by Crippen LogP contribution is -2.41. The molecule has 0 heterocycles. The Balaban J connectivity index is 1.78. The van der Waals surface area contributed by atoms with E-state index in [1.807, 2.05) is 0 Å².